The molecule has 2 aliphatic heterocycles. The maximum Gasteiger partial charge on any atom is 0.243 e. The Labute approximate surface area is 179 Å². The third-order valence-corrected chi connectivity index (χ3v) is 7.10. The van der Waals surface area contributed by atoms with E-state index in [0.29, 0.717) is 49.7 Å². The lowest BCUT2D eigenvalue weighted by molar-refractivity contribution is -0.116. The van der Waals surface area contributed by atoms with Crippen molar-refractivity contribution in [2.45, 2.75) is 17.7 Å². The Balaban J connectivity index is 1.41. The van der Waals surface area contributed by atoms with E-state index < -0.39 is 28.2 Å². The second-order valence-corrected chi connectivity index (χ2v) is 9.18. The van der Waals surface area contributed by atoms with Crippen LogP contribution in [0.2, 0.25) is 0 Å². The highest BCUT2D eigenvalue weighted by Crippen LogP contribution is 2.26. The molecule has 8 nitrogen and oxygen atoms in total. The van der Waals surface area contributed by atoms with E-state index in [1.807, 2.05) is 0 Å². The number of morpholine rings is 1. The number of carbonyl (C=O) groups excluding carboxylic acids is 2. The summed E-state index contributed by atoms with van der Waals surface area (Å²) in [6.07, 6.45) is 0.712. The van der Waals surface area contributed by atoms with Gasteiger partial charge in [0.05, 0.1) is 23.7 Å². The normalized spacial score (nSPS) is 17.0. The second kappa shape index (κ2) is 8.74. The number of hydrogen-bond donors (Lipinski definition) is 1. The molecule has 1 amide bonds. The van der Waals surface area contributed by atoms with Crippen LogP contribution in [0.4, 0.5) is 10.1 Å². The van der Waals surface area contributed by atoms with E-state index in [9.17, 15) is 22.4 Å². The SMILES string of the molecule is O=C1CCc2cc(C(=O)COc3ccc(S(=O)(=O)N4CCOCC4)cc3)c(F)cc2N1. The van der Waals surface area contributed by atoms with Crippen LogP contribution >= 0.6 is 0 Å². The van der Waals surface area contributed by atoms with Crippen molar-refractivity contribution in [2.75, 3.05) is 38.2 Å². The number of hydrogen-bond acceptors (Lipinski definition) is 6. The molecule has 2 aliphatic rings. The largest absolute Gasteiger partial charge is 0.485 e. The van der Waals surface area contributed by atoms with Crippen molar-refractivity contribution < 1.29 is 31.9 Å². The maximum atomic E-state index is 14.3. The molecule has 0 unspecified atom stereocenters. The second-order valence-electron chi connectivity index (χ2n) is 7.24. The first-order chi connectivity index (χ1) is 14.8. The number of nitrogens with zero attached hydrogens (tertiary/aromatic N) is 1. The van der Waals surface area contributed by atoms with E-state index >= 15 is 0 Å². The third-order valence-electron chi connectivity index (χ3n) is 5.19. The number of halogens is 1. The van der Waals surface area contributed by atoms with Gasteiger partial charge in [0.15, 0.2) is 6.61 Å². The van der Waals surface area contributed by atoms with Gasteiger partial charge in [-0.3, -0.25) is 9.59 Å². The number of benzene rings is 2. The van der Waals surface area contributed by atoms with Gasteiger partial charge in [0.1, 0.15) is 11.6 Å². The van der Waals surface area contributed by atoms with E-state index in [4.69, 9.17) is 9.47 Å². The summed E-state index contributed by atoms with van der Waals surface area (Å²) in [6, 6.07) is 8.32. The lowest BCUT2D eigenvalue weighted by Crippen LogP contribution is -2.40. The number of aryl methyl sites for hydroxylation is 1. The van der Waals surface area contributed by atoms with Gasteiger partial charge >= 0.3 is 0 Å². The zero-order valence-corrected chi connectivity index (χ0v) is 17.4. The Morgan fingerprint density at radius 2 is 1.84 bits per heavy atom. The standard InChI is InChI=1S/C21H21FN2O6S/c22-18-12-19-14(1-6-21(26)23-19)11-17(18)20(25)13-30-15-2-4-16(5-3-15)31(27,28)24-7-9-29-10-8-24/h2-5,11-12H,1,6-10,13H2,(H,23,26). The smallest absolute Gasteiger partial charge is 0.243 e. The molecule has 164 valence electrons. The molecule has 0 aliphatic carbocycles. The number of rotatable bonds is 6. The van der Waals surface area contributed by atoms with Gasteiger partial charge in [0, 0.05) is 25.2 Å². The monoisotopic (exact) mass is 448 g/mol. The topological polar surface area (TPSA) is 102 Å². The molecular weight excluding hydrogens is 427 g/mol. The molecule has 2 heterocycles. The van der Waals surface area contributed by atoms with Crippen LogP contribution in [-0.2, 0) is 26.0 Å². The highest BCUT2D eigenvalue weighted by Gasteiger charge is 2.26. The first-order valence-electron chi connectivity index (χ1n) is 9.81. The number of carbonyl (C=O) groups is 2. The molecule has 2 aromatic carbocycles. The summed E-state index contributed by atoms with van der Waals surface area (Å²) in [4.78, 5) is 24.0. The molecule has 0 radical (unpaired) electrons. The molecule has 10 heteroatoms. The molecule has 0 spiro atoms. The summed E-state index contributed by atoms with van der Waals surface area (Å²) in [5.74, 6) is -1.18. The predicted octanol–water partition coefficient (Wildman–Crippen LogP) is 1.99. The third kappa shape index (κ3) is 4.60. The number of fused-ring (bicyclic) bond motifs is 1. The van der Waals surface area contributed by atoms with E-state index in [-0.39, 0.29) is 22.8 Å². The van der Waals surface area contributed by atoms with Crippen molar-refractivity contribution in [1.82, 2.24) is 4.31 Å². The van der Waals surface area contributed by atoms with Crippen molar-refractivity contribution in [1.29, 1.82) is 0 Å². The molecule has 31 heavy (non-hydrogen) atoms. The lowest BCUT2D eigenvalue weighted by atomic mass is 9.98. The van der Waals surface area contributed by atoms with E-state index in [2.05, 4.69) is 5.32 Å². The van der Waals surface area contributed by atoms with Crippen LogP contribution in [0.25, 0.3) is 0 Å². The van der Waals surface area contributed by atoms with Gasteiger partial charge in [0.2, 0.25) is 21.7 Å². The minimum absolute atomic E-state index is 0.110. The van der Waals surface area contributed by atoms with Gasteiger partial charge in [-0.1, -0.05) is 0 Å². The van der Waals surface area contributed by atoms with Gasteiger partial charge in [-0.25, -0.2) is 12.8 Å². The summed E-state index contributed by atoms with van der Waals surface area (Å²) in [7, 11) is -3.62. The van der Waals surface area contributed by atoms with Gasteiger partial charge in [0.25, 0.3) is 0 Å². The lowest BCUT2D eigenvalue weighted by Gasteiger charge is -2.26. The molecule has 2 aromatic rings. The van der Waals surface area contributed by atoms with Crippen molar-refractivity contribution in [2.24, 2.45) is 0 Å². The summed E-state index contributed by atoms with van der Waals surface area (Å²) in [5.41, 5.74) is 0.965. The highest BCUT2D eigenvalue weighted by molar-refractivity contribution is 7.89. The fourth-order valence-corrected chi connectivity index (χ4v) is 4.89. The zero-order chi connectivity index (χ0) is 22.0. The van der Waals surface area contributed by atoms with E-state index in [1.54, 1.807) is 0 Å². The predicted molar refractivity (Wildman–Crippen MR) is 109 cm³/mol. The molecule has 0 bridgehead atoms. The Kier molecular flexibility index (Phi) is 6.03. The molecular formula is C21H21FN2O6S. The Morgan fingerprint density at radius 3 is 2.55 bits per heavy atom. The van der Waals surface area contributed by atoms with Gasteiger partial charge < -0.3 is 14.8 Å². The summed E-state index contributed by atoms with van der Waals surface area (Å²) < 4.78 is 51.6. The van der Waals surface area contributed by atoms with Crippen LogP contribution < -0.4 is 10.1 Å². The van der Waals surface area contributed by atoms with Gasteiger partial charge in [-0.15, -0.1) is 0 Å². The van der Waals surface area contributed by atoms with Gasteiger partial charge in [-0.05, 0) is 48.4 Å². The number of ether oxygens (including phenoxy) is 2. The number of anilines is 1. The van der Waals surface area contributed by atoms with Crippen LogP contribution in [0.15, 0.2) is 41.3 Å². The van der Waals surface area contributed by atoms with Gasteiger partial charge in [-0.2, -0.15) is 4.31 Å². The average molecular weight is 448 g/mol. The fourth-order valence-electron chi connectivity index (χ4n) is 3.49. The molecule has 0 atom stereocenters. The molecule has 1 fully saturated rings. The number of amides is 1. The summed E-state index contributed by atoms with van der Waals surface area (Å²) >= 11 is 0. The van der Waals surface area contributed by atoms with Crippen LogP contribution in [0, 0.1) is 5.82 Å². The van der Waals surface area contributed by atoms with Crippen molar-refractivity contribution in [3.63, 3.8) is 0 Å². The van der Waals surface area contributed by atoms with Crippen LogP contribution in [-0.4, -0.2) is 57.3 Å². The summed E-state index contributed by atoms with van der Waals surface area (Å²) in [6.45, 7) is 0.899. The molecule has 1 saturated heterocycles. The Morgan fingerprint density at radius 1 is 1.13 bits per heavy atom. The number of nitrogens with one attached hydrogen (secondary N) is 1. The number of sulfonamides is 1. The first kappa shape index (κ1) is 21.4. The minimum Gasteiger partial charge on any atom is -0.485 e. The summed E-state index contributed by atoms with van der Waals surface area (Å²) in [5, 5.41) is 2.58. The van der Waals surface area contributed by atoms with Crippen molar-refractivity contribution >= 4 is 27.4 Å². The van der Waals surface area contributed by atoms with Crippen LogP contribution in [0.5, 0.6) is 5.75 Å². The van der Waals surface area contributed by atoms with Crippen molar-refractivity contribution in [3.8, 4) is 5.75 Å². The van der Waals surface area contributed by atoms with E-state index in [0.717, 1.165) is 6.07 Å². The van der Waals surface area contributed by atoms with Crippen molar-refractivity contribution in [3.05, 3.63) is 53.3 Å². The fraction of sp³-hybridized carbons (Fsp3) is 0.333. The Hall–Kier alpha value is -2.82. The number of ketones is 1. The van der Waals surface area contributed by atoms with E-state index in [1.165, 1.54) is 34.6 Å². The maximum absolute atomic E-state index is 14.3. The minimum atomic E-state index is -3.62. The van der Waals surface area contributed by atoms with Crippen LogP contribution in [0.3, 0.4) is 0 Å². The quantitative estimate of drug-likeness (QED) is 0.679. The zero-order valence-electron chi connectivity index (χ0n) is 16.6. The Bertz CT molecular complexity index is 1110. The molecule has 0 saturated carbocycles. The first-order valence-corrected chi connectivity index (χ1v) is 11.2. The molecule has 0 aromatic heterocycles. The molecule has 1 N–H and O–H groups in total. The molecule has 4 rings (SSSR count). The average Bonchev–Trinajstić information content (AvgIpc) is 2.78. The number of Topliss-reactive ketones (excluding diaryl/α,β-unsaturated/α-hetero) is 1. The highest BCUT2D eigenvalue weighted by atomic mass is 32.2. The van der Waals surface area contributed by atoms with Crippen LogP contribution in [0.1, 0.15) is 22.3 Å².